The molecular weight excluding hydrogens is 382 g/mol. The van der Waals surface area contributed by atoms with Crippen LogP contribution >= 0.6 is 0 Å². The van der Waals surface area contributed by atoms with Gasteiger partial charge in [-0.25, -0.2) is 0 Å². The van der Waals surface area contributed by atoms with E-state index in [1.54, 1.807) is 0 Å². The van der Waals surface area contributed by atoms with Crippen molar-refractivity contribution in [3.05, 3.63) is 52.1 Å². The summed E-state index contributed by atoms with van der Waals surface area (Å²) in [6.07, 6.45) is 14.2. The van der Waals surface area contributed by atoms with Gasteiger partial charge in [-0.2, -0.15) is 0 Å². The number of ketones is 1. The van der Waals surface area contributed by atoms with Gasteiger partial charge in [-0.15, -0.1) is 0 Å². The molecule has 0 saturated heterocycles. The third-order valence-corrected chi connectivity index (χ3v) is 5.33. The van der Waals surface area contributed by atoms with E-state index in [2.05, 4.69) is 19.1 Å². The number of hydrogen-bond donors (Lipinski definition) is 2. The van der Waals surface area contributed by atoms with Crippen LogP contribution < -0.4 is 0 Å². The summed E-state index contributed by atoms with van der Waals surface area (Å²) in [5, 5.41) is 30.7. The lowest BCUT2D eigenvalue weighted by Crippen LogP contribution is -2.20. The number of rotatable bonds is 17. The Balaban J connectivity index is 2.24. The maximum Gasteiger partial charge on any atom is 0.269 e. The van der Waals surface area contributed by atoms with Gasteiger partial charge in [-0.1, -0.05) is 51.2 Å². The summed E-state index contributed by atoms with van der Waals surface area (Å²) in [6.45, 7) is 1.89. The molecule has 0 aliphatic rings. The summed E-state index contributed by atoms with van der Waals surface area (Å²) in [4.78, 5) is 22.4. The minimum atomic E-state index is -1.02. The van der Waals surface area contributed by atoms with Gasteiger partial charge >= 0.3 is 0 Å². The van der Waals surface area contributed by atoms with Gasteiger partial charge in [0.1, 0.15) is 5.78 Å². The smallest absolute Gasteiger partial charge is 0.269 e. The first-order chi connectivity index (χ1) is 14.5. The van der Waals surface area contributed by atoms with Gasteiger partial charge in [0.05, 0.1) is 11.0 Å². The summed E-state index contributed by atoms with van der Waals surface area (Å²) in [7, 11) is 0. The van der Waals surface area contributed by atoms with E-state index in [0.717, 1.165) is 25.7 Å². The van der Waals surface area contributed by atoms with Crippen LogP contribution in [0.3, 0.4) is 0 Å². The number of carbonyl (C=O) groups excluding carboxylic acids is 1. The number of nitrogens with zero attached hydrogens (tertiary/aromatic N) is 1. The van der Waals surface area contributed by atoms with E-state index in [9.17, 15) is 25.1 Å². The Morgan fingerprint density at radius 3 is 2.23 bits per heavy atom. The highest BCUT2D eigenvalue weighted by Crippen LogP contribution is 2.27. The van der Waals surface area contributed by atoms with Crippen LogP contribution in [-0.2, 0) is 4.79 Å². The standard InChI is InChI=1S/C24H37NO5/c1-2-3-4-5-6-7-8-9-10-11-12-13-23(27)18-21(19-26)24(28)20-14-16-22(17-15-20)25(29)30/h5-6,14-17,21,24,26,28H,2-4,7-13,18-19H2,1H3/b6-5+/t21-,24+/m1/s1. The van der Waals surface area contributed by atoms with E-state index in [0.29, 0.717) is 12.0 Å². The molecule has 2 atom stereocenters. The lowest BCUT2D eigenvalue weighted by molar-refractivity contribution is -0.384. The third-order valence-electron chi connectivity index (χ3n) is 5.33. The molecule has 6 nitrogen and oxygen atoms in total. The third kappa shape index (κ3) is 10.6. The Bertz CT molecular complexity index is 642. The van der Waals surface area contributed by atoms with E-state index in [1.807, 2.05) is 0 Å². The molecule has 0 fully saturated rings. The molecule has 0 bridgehead atoms. The second-order valence-electron chi connectivity index (χ2n) is 7.90. The largest absolute Gasteiger partial charge is 0.396 e. The SMILES string of the molecule is CCCC/C=C/CCCCCCCC(=O)C[C@H](CO)[C@@H](O)c1ccc([N+](=O)[O-])cc1. The Morgan fingerprint density at radius 1 is 1.03 bits per heavy atom. The van der Waals surface area contributed by atoms with E-state index in [1.165, 1.54) is 56.4 Å². The number of carbonyl (C=O) groups is 1. The van der Waals surface area contributed by atoms with Crippen molar-refractivity contribution >= 4 is 11.5 Å². The number of nitro groups is 1. The van der Waals surface area contributed by atoms with Gasteiger partial charge in [0.25, 0.3) is 5.69 Å². The number of allylic oxidation sites excluding steroid dienone is 2. The number of unbranched alkanes of at least 4 members (excludes halogenated alkanes) is 7. The van der Waals surface area contributed by atoms with Crippen molar-refractivity contribution < 1.29 is 19.9 Å². The molecule has 1 aromatic carbocycles. The van der Waals surface area contributed by atoms with Crippen LogP contribution in [0.2, 0.25) is 0 Å². The summed E-state index contributed by atoms with van der Waals surface area (Å²) >= 11 is 0. The average molecular weight is 420 g/mol. The van der Waals surface area contributed by atoms with Crippen LogP contribution in [0, 0.1) is 16.0 Å². The van der Waals surface area contributed by atoms with Crippen molar-refractivity contribution in [2.45, 2.75) is 83.7 Å². The van der Waals surface area contributed by atoms with Crippen molar-refractivity contribution in [1.29, 1.82) is 0 Å². The van der Waals surface area contributed by atoms with Gasteiger partial charge < -0.3 is 10.2 Å². The summed E-state index contributed by atoms with van der Waals surface area (Å²) in [6, 6.07) is 5.56. The van der Waals surface area contributed by atoms with Crippen molar-refractivity contribution in [3.8, 4) is 0 Å². The fraction of sp³-hybridized carbons (Fsp3) is 0.625. The number of aliphatic hydroxyl groups excluding tert-OH is 2. The van der Waals surface area contributed by atoms with Gasteiger partial charge in [-0.3, -0.25) is 14.9 Å². The molecular formula is C24H37NO5. The summed E-state index contributed by atoms with van der Waals surface area (Å²) in [5.74, 6) is -0.563. The Kier molecular flexibility index (Phi) is 13.6. The van der Waals surface area contributed by atoms with Gasteiger partial charge in [0, 0.05) is 37.5 Å². The molecule has 0 saturated carbocycles. The van der Waals surface area contributed by atoms with E-state index in [4.69, 9.17) is 0 Å². The fourth-order valence-electron chi connectivity index (χ4n) is 3.41. The molecule has 0 spiro atoms. The number of aliphatic hydroxyl groups is 2. The minimum Gasteiger partial charge on any atom is -0.396 e. The zero-order valence-electron chi connectivity index (χ0n) is 18.2. The molecule has 168 valence electrons. The van der Waals surface area contributed by atoms with Crippen molar-refractivity contribution in [2.24, 2.45) is 5.92 Å². The maximum absolute atomic E-state index is 12.2. The lowest BCUT2D eigenvalue weighted by atomic mass is 9.90. The molecule has 30 heavy (non-hydrogen) atoms. The van der Waals surface area contributed by atoms with E-state index < -0.39 is 16.9 Å². The molecule has 0 aromatic heterocycles. The number of non-ortho nitro benzene ring substituents is 1. The molecule has 6 heteroatoms. The normalized spacial score (nSPS) is 13.4. The first-order valence-corrected chi connectivity index (χ1v) is 11.2. The van der Waals surface area contributed by atoms with Crippen LogP contribution in [0.5, 0.6) is 0 Å². The van der Waals surface area contributed by atoms with Gasteiger partial charge in [0.2, 0.25) is 0 Å². The highest BCUT2D eigenvalue weighted by atomic mass is 16.6. The zero-order valence-corrected chi connectivity index (χ0v) is 18.2. The molecule has 2 N–H and O–H groups in total. The predicted octanol–water partition coefficient (Wildman–Crippen LogP) is 5.67. The van der Waals surface area contributed by atoms with Crippen LogP contribution in [-0.4, -0.2) is 27.5 Å². The topological polar surface area (TPSA) is 101 Å². The molecule has 1 rings (SSSR count). The van der Waals surface area contributed by atoms with Crippen molar-refractivity contribution in [3.63, 3.8) is 0 Å². The lowest BCUT2D eigenvalue weighted by Gasteiger charge is -2.20. The van der Waals surface area contributed by atoms with Gasteiger partial charge in [0.15, 0.2) is 0 Å². The monoisotopic (exact) mass is 419 g/mol. The molecule has 1 aromatic rings. The van der Waals surface area contributed by atoms with Crippen LogP contribution in [0.4, 0.5) is 5.69 Å². The fourth-order valence-corrected chi connectivity index (χ4v) is 3.41. The van der Waals surface area contributed by atoms with Crippen LogP contribution in [0.25, 0.3) is 0 Å². The summed E-state index contributed by atoms with van der Waals surface area (Å²) < 4.78 is 0. The molecule has 0 heterocycles. The number of nitro benzene ring substituents is 1. The van der Waals surface area contributed by atoms with Crippen LogP contribution in [0.1, 0.15) is 89.2 Å². The van der Waals surface area contributed by atoms with Gasteiger partial charge in [-0.05, 0) is 43.4 Å². The number of benzene rings is 1. The Hall–Kier alpha value is -2.05. The second kappa shape index (κ2) is 15.7. The first kappa shape index (κ1) is 26.0. The zero-order chi connectivity index (χ0) is 22.2. The molecule has 0 radical (unpaired) electrons. The second-order valence-corrected chi connectivity index (χ2v) is 7.90. The highest BCUT2D eigenvalue weighted by Gasteiger charge is 2.23. The average Bonchev–Trinajstić information content (AvgIpc) is 2.75. The predicted molar refractivity (Wildman–Crippen MR) is 119 cm³/mol. The Labute approximate surface area is 180 Å². The molecule has 0 aliphatic carbocycles. The number of hydrogen-bond acceptors (Lipinski definition) is 5. The van der Waals surface area contributed by atoms with E-state index >= 15 is 0 Å². The quantitative estimate of drug-likeness (QED) is 0.147. The minimum absolute atomic E-state index is 0.0360. The maximum atomic E-state index is 12.2. The summed E-state index contributed by atoms with van der Waals surface area (Å²) in [5.41, 5.74) is 0.409. The van der Waals surface area contributed by atoms with Crippen molar-refractivity contribution in [1.82, 2.24) is 0 Å². The number of Topliss-reactive ketones (excluding diaryl/α,β-unsaturated/α-hetero) is 1. The van der Waals surface area contributed by atoms with Crippen molar-refractivity contribution in [2.75, 3.05) is 6.61 Å². The van der Waals surface area contributed by atoms with Crippen LogP contribution in [0.15, 0.2) is 36.4 Å². The molecule has 0 unspecified atom stereocenters. The first-order valence-electron chi connectivity index (χ1n) is 11.2. The van der Waals surface area contributed by atoms with E-state index in [-0.39, 0.29) is 24.5 Å². The highest BCUT2D eigenvalue weighted by molar-refractivity contribution is 5.78. The Morgan fingerprint density at radius 2 is 1.63 bits per heavy atom. The molecule has 0 aliphatic heterocycles. The molecule has 0 amide bonds.